The third kappa shape index (κ3) is 4.90. The molecule has 110 valence electrons. The van der Waals surface area contributed by atoms with Gasteiger partial charge in [-0.1, -0.05) is 49.5 Å². The van der Waals surface area contributed by atoms with Crippen molar-refractivity contribution in [3.63, 3.8) is 0 Å². The molecule has 0 aliphatic carbocycles. The Kier molecular flexibility index (Phi) is 7.18. The molecule has 0 spiro atoms. The van der Waals surface area contributed by atoms with E-state index < -0.39 is 0 Å². The average Bonchev–Trinajstić information content (AvgIpc) is 2.44. The van der Waals surface area contributed by atoms with Crippen molar-refractivity contribution in [3.05, 3.63) is 35.9 Å². The Balaban J connectivity index is 2.78. The van der Waals surface area contributed by atoms with Gasteiger partial charge < -0.3 is 10.5 Å². The molecule has 0 amide bonds. The molecule has 0 aromatic heterocycles. The van der Waals surface area contributed by atoms with E-state index in [1.807, 2.05) is 37.3 Å². The van der Waals surface area contributed by atoms with Crippen molar-refractivity contribution >= 4 is 23.2 Å². The van der Waals surface area contributed by atoms with E-state index in [0.717, 1.165) is 12.1 Å². The van der Waals surface area contributed by atoms with Gasteiger partial charge in [0, 0.05) is 6.54 Å². The summed E-state index contributed by atoms with van der Waals surface area (Å²) in [5, 5.41) is 0. The zero-order valence-electron chi connectivity index (χ0n) is 12.0. The van der Waals surface area contributed by atoms with Crippen molar-refractivity contribution in [1.82, 2.24) is 4.90 Å². The molecule has 0 fully saturated rings. The molecule has 4 nitrogen and oxygen atoms in total. The highest BCUT2D eigenvalue weighted by Crippen LogP contribution is 2.21. The first-order valence-electron chi connectivity index (χ1n) is 6.84. The van der Waals surface area contributed by atoms with E-state index in [-0.39, 0.29) is 12.0 Å². The van der Waals surface area contributed by atoms with Crippen LogP contribution < -0.4 is 5.73 Å². The topological polar surface area (TPSA) is 55.6 Å². The molecule has 0 aliphatic rings. The number of hydrogen-bond donors (Lipinski definition) is 1. The molecule has 1 atom stereocenters. The quantitative estimate of drug-likeness (QED) is 0.589. The Morgan fingerprint density at radius 3 is 2.50 bits per heavy atom. The van der Waals surface area contributed by atoms with Crippen LogP contribution in [-0.4, -0.2) is 35.6 Å². The SMILES string of the molecule is CCOC(=O)CCN(CC)C(C(N)=S)c1ccccc1. The van der Waals surface area contributed by atoms with Crippen LogP contribution in [0, 0.1) is 0 Å². The first kappa shape index (κ1) is 16.6. The van der Waals surface area contributed by atoms with Gasteiger partial charge in [0.05, 0.1) is 24.1 Å². The minimum atomic E-state index is -0.194. The number of esters is 1. The maximum absolute atomic E-state index is 11.5. The number of nitrogens with two attached hydrogens (primary N) is 1. The lowest BCUT2D eigenvalue weighted by Gasteiger charge is -2.30. The second-order valence-electron chi connectivity index (χ2n) is 4.40. The van der Waals surface area contributed by atoms with Gasteiger partial charge in [0.15, 0.2) is 0 Å². The van der Waals surface area contributed by atoms with Crippen molar-refractivity contribution in [1.29, 1.82) is 0 Å². The van der Waals surface area contributed by atoms with E-state index in [2.05, 4.69) is 4.90 Å². The summed E-state index contributed by atoms with van der Waals surface area (Å²) in [7, 11) is 0. The molecular formula is C15H22N2O2S. The Hall–Kier alpha value is -1.46. The lowest BCUT2D eigenvalue weighted by molar-refractivity contribution is -0.143. The van der Waals surface area contributed by atoms with Crippen molar-refractivity contribution < 1.29 is 9.53 Å². The molecule has 0 bridgehead atoms. The van der Waals surface area contributed by atoms with Crippen LogP contribution in [0.2, 0.25) is 0 Å². The monoisotopic (exact) mass is 294 g/mol. The minimum absolute atomic E-state index is 0.148. The first-order valence-corrected chi connectivity index (χ1v) is 7.24. The summed E-state index contributed by atoms with van der Waals surface area (Å²) in [5.74, 6) is -0.194. The van der Waals surface area contributed by atoms with Crippen LogP contribution in [0.4, 0.5) is 0 Å². The number of benzene rings is 1. The summed E-state index contributed by atoms with van der Waals surface area (Å²) in [4.78, 5) is 14.0. The van der Waals surface area contributed by atoms with Crippen LogP contribution in [0.15, 0.2) is 30.3 Å². The van der Waals surface area contributed by atoms with Gasteiger partial charge in [0.1, 0.15) is 0 Å². The molecule has 0 radical (unpaired) electrons. The van der Waals surface area contributed by atoms with Crippen molar-refractivity contribution in [2.75, 3.05) is 19.7 Å². The van der Waals surface area contributed by atoms with Crippen LogP contribution in [0.1, 0.15) is 31.9 Å². The lowest BCUT2D eigenvalue weighted by Crippen LogP contribution is -2.38. The molecule has 0 saturated heterocycles. The fraction of sp³-hybridized carbons (Fsp3) is 0.467. The third-order valence-electron chi connectivity index (χ3n) is 3.06. The van der Waals surface area contributed by atoms with Crippen LogP contribution >= 0.6 is 12.2 Å². The Bertz CT molecular complexity index is 437. The molecule has 1 unspecified atom stereocenters. The second kappa shape index (κ2) is 8.66. The molecule has 1 aromatic rings. The van der Waals surface area contributed by atoms with Gasteiger partial charge in [-0.15, -0.1) is 0 Å². The Labute approximate surface area is 125 Å². The number of carbonyl (C=O) groups excluding carboxylic acids is 1. The van der Waals surface area contributed by atoms with E-state index in [1.165, 1.54) is 0 Å². The number of carbonyl (C=O) groups is 1. The molecule has 20 heavy (non-hydrogen) atoms. The number of hydrogen-bond acceptors (Lipinski definition) is 4. The number of rotatable bonds is 8. The third-order valence-corrected chi connectivity index (χ3v) is 3.29. The molecule has 0 aliphatic heterocycles. The fourth-order valence-corrected chi connectivity index (χ4v) is 2.41. The van der Waals surface area contributed by atoms with Gasteiger partial charge in [0.2, 0.25) is 0 Å². The van der Waals surface area contributed by atoms with Gasteiger partial charge in [-0.25, -0.2) is 0 Å². The van der Waals surface area contributed by atoms with Crippen molar-refractivity contribution in [2.45, 2.75) is 26.3 Å². The van der Waals surface area contributed by atoms with Crippen molar-refractivity contribution in [2.24, 2.45) is 5.73 Å². The van der Waals surface area contributed by atoms with E-state index in [0.29, 0.717) is 24.6 Å². The number of likely N-dealkylation sites (N-methyl/N-ethyl adjacent to an activating group) is 1. The summed E-state index contributed by atoms with van der Waals surface area (Å²) in [5.41, 5.74) is 6.93. The van der Waals surface area contributed by atoms with E-state index in [9.17, 15) is 4.79 Å². The summed E-state index contributed by atoms with van der Waals surface area (Å²) in [6.07, 6.45) is 0.341. The first-order chi connectivity index (χ1) is 9.60. The maximum Gasteiger partial charge on any atom is 0.307 e. The highest BCUT2D eigenvalue weighted by molar-refractivity contribution is 7.80. The van der Waals surface area contributed by atoms with E-state index in [1.54, 1.807) is 6.92 Å². The van der Waals surface area contributed by atoms with E-state index in [4.69, 9.17) is 22.7 Å². The smallest absolute Gasteiger partial charge is 0.307 e. The molecule has 0 saturated carbocycles. The summed E-state index contributed by atoms with van der Waals surface area (Å²) in [6, 6.07) is 9.72. The molecule has 5 heteroatoms. The van der Waals surface area contributed by atoms with Gasteiger partial charge in [-0.05, 0) is 19.0 Å². The molecule has 0 heterocycles. The fourth-order valence-electron chi connectivity index (χ4n) is 2.13. The van der Waals surface area contributed by atoms with Gasteiger partial charge >= 0.3 is 5.97 Å². The van der Waals surface area contributed by atoms with Crippen molar-refractivity contribution in [3.8, 4) is 0 Å². The average molecular weight is 294 g/mol. The summed E-state index contributed by atoms with van der Waals surface area (Å²) < 4.78 is 4.95. The maximum atomic E-state index is 11.5. The van der Waals surface area contributed by atoms with Gasteiger partial charge in [0.25, 0.3) is 0 Å². The predicted octanol–water partition coefficient (Wildman–Crippen LogP) is 2.29. The van der Waals surface area contributed by atoms with E-state index >= 15 is 0 Å². The lowest BCUT2D eigenvalue weighted by atomic mass is 10.0. The molecule has 1 rings (SSSR count). The highest BCUT2D eigenvalue weighted by Gasteiger charge is 2.22. The van der Waals surface area contributed by atoms with Crippen LogP contribution in [0.25, 0.3) is 0 Å². The number of thiocarbonyl (C=S) groups is 1. The number of ether oxygens (including phenoxy) is 1. The van der Waals surface area contributed by atoms with Crippen LogP contribution in [-0.2, 0) is 9.53 Å². The predicted molar refractivity (Wildman–Crippen MR) is 84.5 cm³/mol. The standard InChI is InChI=1S/C15H22N2O2S/c1-3-17(11-10-13(18)19-4-2)14(15(16)20)12-8-6-5-7-9-12/h5-9,14H,3-4,10-11H2,1-2H3,(H2,16,20). The minimum Gasteiger partial charge on any atom is -0.466 e. The Morgan fingerprint density at radius 2 is 2.00 bits per heavy atom. The molecule has 2 N–H and O–H groups in total. The van der Waals surface area contributed by atoms with Gasteiger partial charge in [-0.2, -0.15) is 0 Å². The second-order valence-corrected chi connectivity index (χ2v) is 4.87. The zero-order valence-corrected chi connectivity index (χ0v) is 12.9. The molecule has 1 aromatic carbocycles. The number of nitrogens with zero attached hydrogens (tertiary/aromatic N) is 1. The molecular weight excluding hydrogens is 272 g/mol. The zero-order chi connectivity index (χ0) is 15.0. The normalized spacial score (nSPS) is 12.2. The largest absolute Gasteiger partial charge is 0.466 e. The van der Waals surface area contributed by atoms with Gasteiger partial charge in [-0.3, -0.25) is 9.69 Å². The van der Waals surface area contributed by atoms with Crippen LogP contribution in [0.3, 0.4) is 0 Å². The Morgan fingerprint density at radius 1 is 1.35 bits per heavy atom. The summed E-state index contributed by atoms with van der Waals surface area (Å²) >= 11 is 5.19. The highest BCUT2D eigenvalue weighted by atomic mass is 32.1. The summed E-state index contributed by atoms with van der Waals surface area (Å²) in [6.45, 7) is 5.57. The van der Waals surface area contributed by atoms with Crippen LogP contribution in [0.5, 0.6) is 0 Å².